The fourth-order valence-electron chi connectivity index (χ4n) is 2.30. The number of halogens is 1. The number of nitrogens with zero attached hydrogens (tertiary/aromatic N) is 1. The topological polar surface area (TPSA) is 24.4 Å². The number of nitrogens with one attached hydrogen (secondary N) is 1. The van der Waals surface area contributed by atoms with Crippen molar-refractivity contribution in [3.63, 3.8) is 0 Å². The summed E-state index contributed by atoms with van der Waals surface area (Å²) in [7, 11) is 0. The second-order valence-electron chi connectivity index (χ2n) is 4.70. The Balaban J connectivity index is 2.06. The van der Waals surface area contributed by atoms with E-state index in [1.807, 2.05) is 12.1 Å². The van der Waals surface area contributed by atoms with Gasteiger partial charge >= 0.3 is 0 Å². The van der Waals surface area contributed by atoms with Gasteiger partial charge in [-0.1, -0.05) is 24.3 Å². The lowest BCUT2D eigenvalue weighted by atomic mass is 9.99. The molecule has 3 heteroatoms. The molecule has 0 spiro atoms. The van der Waals surface area contributed by atoms with E-state index in [-0.39, 0.29) is 5.82 Å². The molecule has 1 heterocycles. The van der Waals surface area contributed by atoms with Crippen molar-refractivity contribution in [3.8, 4) is 11.1 Å². The molecule has 0 saturated heterocycles. The molecule has 2 aromatic carbocycles. The van der Waals surface area contributed by atoms with Crippen LogP contribution >= 0.6 is 0 Å². The first-order valence-corrected chi connectivity index (χ1v) is 6.39. The molecule has 1 aliphatic rings. The lowest BCUT2D eigenvalue weighted by molar-refractivity contribution is 0.628. The SMILES string of the molecule is Cc1ccc(-c2cccc(F)c2)cc1C1=NCCN1. The molecule has 0 unspecified atom stereocenters. The molecule has 3 rings (SSSR count). The molecule has 0 bridgehead atoms. The maximum atomic E-state index is 13.3. The zero-order chi connectivity index (χ0) is 13.2. The molecule has 0 aliphatic carbocycles. The summed E-state index contributed by atoms with van der Waals surface area (Å²) >= 11 is 0. The number of benzene rings is 2. The minimum atomic E-state index is -0.212. The van der Waals surface area contributed by atoms with Crippen molar-refractivity contribution in [2.75, 3.05) is 13.1 Å². The molecule has 2 aromatic rings. The fraction of sp³-hybridized carbons (Fsp3) is 0.188. The Morgan fingerprint density at radius 1 is 1.11 bits per heavy atom. The summed E-state index contributed by atoms with van der Waals surface area (Å²) in [6.07, 6.45) is 0. The van der Waals surface area contributed by atoms with Crippen LogP contribution in [0.1, 0.15) is 11.1 Å². The largest absolute Gasteiger partial charge is 0.368 e. The van der Waals surface area contributed by atoms with Crippen molar-refractivity contribution >= 4 is 5.84 Å². The van der Waals surface area contributed by atoms with Crippen molar-refractivity contribution in [1.82, 2.24) is 5.32 Å². The Labute approximate surface area is 112 Å². The molecule has 2 nitrogen and oxygen atoms in total. The van der Waals surface area contributed by atoms with Gasteiger partial charge < -0.3 is 5.32 Å². The third kappa shape index (κ3) is 2.36. The van der Waals surface area contributed by atoms with Crippen LogP contribution in [0.15, 0.2) is 47.5 Å². The molecule has 0 fully saturated rings. The summed E-state index contributed by atoms with van der Waals surface area (Å²) < 4.78 is 13.3. The van der Waals surface area contributed by atoms with Crippen LogP contribution < -0.4 is 5.32 Å². The van der Waals surface area contributed by atoms with Crippen molar-refractivity contribution < 1.29 is 4.39 Å². The van der Waals surface area contributed by atoms with Crippen LogP contribution in [0.3, 0.4) is 0 Å². The van der Waals surface area contributed by atoms with Crippen LogP contribution in [0.5, 0.6) is 0 Å². The van der Waals surface area contributed by atoms with Gasteiger partial charge in [0.1, 0.15) is 11.7 Å². The van der Waals surface area contributed by atoms with Gasteiger partial charge in [0.2, 0.25) is 0 Å². The number of rotatable bonds is 2. The predicted molar refractivity (Wildman–Crippen MR) is 76.0 cm³/mol. The van der Waals surface area contributed by atoms with Crippen molar-refractivity contribution in [3.05, 3.63) is 59.4 Å². The zero-order valence-corrected chi connectivity index (χ0v) is 10.8. The Bertz CT molecular complexity index is 647. The van der Waals surface area contributed by atoms with Crippen LogP contribution in [0.25, 0.3) is 11.1 Å². The van der Waals surface area contributed by atoms with Crippen LogP contribution in [0.4, 0.5) is 4.39 Å². The smallest absolute Gasteiger partial charge is 0.128 e. The fourth-order valence-corrected chi connectivity index (χ4v) is 2.30. The first kappa shape index (κ1) is 11.9. The monoisotopic (exact) mass is 254 g/mol. The first-order chi connectivity index (χ1) is 9.24. The highest BCUT2D eigenvalue weighted by Gasteiger charge is 2.11. The molecule has 0 radical (unpaired) electrons. The molecule has 0 atom stereocenters. The van der Waals surface area contributed by atoms with E-state index in [0.717, 1.165) is 35.6 Å². The number of aryl methyl sites for hydroxylation is 1. The van der Waals surface area contributed by atoms with Gasteiger partial charge in [-0.25, -0.2) is 4.39 Å². The number of hydrogen-bond donors (Lipinski definition) is 1. The third-order valence-electron chi connectivity index (χ3n) is 3.32. The van der Waals surface area contributed by atoms with Gasteiger partial charge in [-0.2, -0.15) is 0 Å². The summed E-state index contributed by atoms with van der Waals surface area (Å²) in [5.41, 5.74) is 4.17. The van der Waals surface area contributed by atoms with Gasteiger partial charge in [0.15, 0.2) is 0 Å². The van der Waals surface area contributed by atoms with Gasteiger partial charge in [-0.05, 0) is 41.8 Å². The maximum absolute atomic E-state index is 13.3. The minimum Gasteiger partial charge on any atom is -0.368 e. The van der Waals surface area contributed by atoms with Crippen LogP contribution in [0.2, 0.25) is 0 Å². The maximum Gasteiger partial charge on any atom is 0.128 e. The highest BCUT2D eigenvalue weighted by Crippen LogP contribution is 2.23. The minimum absolute atomic E-state index is 0.212. The average molecular weight is 254 g/mol. The number of aliphatic imine (C=N–C) groups is 1. The molecule has 1 N–H and O–H groups in total. The van der Waals surface area contributed by atoms with Gasteiger partial charge in [-0.15, -0.1) is 0 Å². The molecular formula is C16H15FN2. The van der Waals surface area contributed by atoms with Crippen molar-refractivity contribution in [1.29, 1.82) is 0 Å². The van der Waals surface area contributed by atoms with E-state index in [1.165, 1.54) is 11.6 Å². The summed E-state index contributed by atoms with van der Waals surface area (Å²) in [5.74, 6) is 0.728. The highest BCUT2D eigenvalue weighted by molar-refractivity contribution is 6.01. The van der Waals surface area contributed by atoms with Crippen molar-refractivity contribution in [2.24, 2.45) is 4.99 Å². The summed E-state index contributed by atoms with van der Waals surface area (Å²) in [5, 5.41) is 3.28. The Morgan fingerprint density at radius 2 is 1.95 bits per heavy atom. The zero-order valence-electron chi connectivity index (χ0n) is 10.8. The first-order valence-electron chi connectivity index (χ1n) is 6.39. The lowest BCUT2D eigenvalue weighted by Crippen LogP contribution is -2.20. The van der Waals surface area contributed by atoms with Gasteiger partial charge in [0, 0.05) is 12.1 Å². The predicted octanol–water partition coefficient (Wildman–Crippen LogP) is 3.15. The van der Waals surface area contributed by atoms with E-state index in [4.69, 9.17) is 0 Å². The lowest BCUT2D eigenvalue weighted by Gasteiger charge is -2.10. The standard InChI is InChI=1S/C16H15FN2/c1-11-5-6-13(12-3-2-4-14(17)9-12)10-15(11)16-18-7-8-19-16/h2-6,9-10H,7-8H2,1H3,(H,18,19). The Morgan fingerprint density at radius 3 is 2.68 bits per heavy atom. The number of amidine groups is 1. The molecule has 96 valence electrons. The molecule has 1 aliphatic heterocycles. The third-order valence-corrected chi connectivity index (χ3v) is 3.32. The van der Waals surface area contributed by atoms with Crippen molar-refractivity contribution in [2.45, 2.75) is 6.92 Å². The van der Waals surface area contributed by atoms with Crippen LogP contribution in [-0.4, -0.2) is 18.9 Å². The van der Waals surface area contributed by atoms with E-state index in [1.54, 1.807) is 12.1 Å². The molecule has 0 aromatic heterocycles. The second kappa shape index (κ2) is 4.84. The Hall–Kier alpha value is -2.16. The van der Waals surface area contributed by atoms with Gasteiger partial charge in [0.05, 0.1) is 6.54 Å². The summed E-state index contributed by atoms with van der Waals surface area (Å²) in [6.45, 7) is 3.77. The summed E-state index contributed by atoms with van der Waals surface area (Å²) in [6, 6.07) is 12.8. The molecular weight excluding hydrogens is 239 g/mol. The van der Waals surface area contributed by atoms with E-state index >= 15 is 0 Å². The molecule has 0 amide bonds. The quantitative estimate of drug-likeness (QED) is 0.874. The van der Waals surface area contributed by atoms with E-state index < -0.39 is 0 Å². The van der Waals surface area contributed by atoms with E-state index in [0.29, 0.717) is 0 Å². The highest BCUT2D eigenvalue weighted by atomic mass is 19.1. The van der Waals surface area contributed by atoms with E-state index in [2.05, 4.69) is 29.4 Å². The molecule has 19 heavy (non-hydrogen) atoms. The van der Waals surface area contributed by atoms with E-state index in [9.17, 15) is 4.39 Å². The number of hydrogen-bond acceptors (Lipinski definition) is 2. The molecule has 0 saturated carbocycles. The average Bonchev–Trinajstić information content (AvgIpc) is 2.93. The van der Waals surface area contributed by atoms with Crippen LogP contribution in [-0.2, 0) is 0 Å². The van der Waals surface area contributed by atoms with Crippen LogP contribution in [0, 0.1) is 12.7 Å². The second-order valence-corrected chi connectivity index (χ2v) is 4.70. The van der Waals surface area contributed by atoms with Gasteiger partial charge in [0.25, 0.3) is 0 Å². The summed E-state index contributed by atoms with van der Waals surface area (Å²) in [4.78, 5) is 4.45. The Kier molecular flexibility index (Phi) is 3.03. The van der Waals surface area contributed by atoms with Gasteiger partial charge in [-0.3, -0.25) is 4.99 Å². The normalized spacial score (nSPS) is 14.1.